The first-order valence-corrected chi connectivity index (χ1v) is 10.6. The molecule has 6 heteroatoms. The summed E-state index contributed by atoms with van der Waals surface area (Å²) in [7, 11) is 0. The van der Waals surface area contributed by atoms with E-state index in [-0.39, 0.29) is 12.1 Å². The second-order valence-electron chi connectivity index (χ2n) is 6.79. The quantitative estimate of drug-likeness (QED) is 0.686. The Hall–Kier alpha value is -1.89. The van der Waals surface area contributed by atoms with Gasteiger partial charge in [-0.3, -0.25) is 4.90 Å². The van der Waals surface area contributed by atoms with Gasteiger partial charge in [0.15, 0.2) is 0 Å². The van der Waals surface area contributed by atoms with Crippen LogP contribution in [0.2, 0.25) is 0 Å². The fourth-order valence-corrected chi connectivity index (χ4v) is 4.21. The zero-order valence-corrected chi connectivity index (χ0v) is 16.8. The molecule has 0 bridgehead atoms. The van der Waals surface area contributed by atoms with Crippen LogP contribution in [0.3, 0.4) is 0 Å². The van der Waals surface area contributed by atoms with Gasteiger partial charge in [0.25, 0.3) is 0 Å². The lowest BCUT2D eigenvalue weighted by atomic mass is 10.1. The molecule has 0 radical (unpaired) electrons. The second kappa shape index (κ2) is 10.4. The molecule has 146 valence electrons. The Labute approximate surface area is 165 Å². The van der Waals surface area contributed by atoms with Crippen molar-refractivity contribution in [2.75, 3.05) is 26.2 Å². The number of nitrogens with zero attached hydrogens (tertiary/aromatic N) is 1. The SMILES string of the molecule is CCOCc1ccc(CNC(=O)NCC(c2cccs2)N2CCCC2)cc1. The summed E-state index contributed by atoms with van der Waals surface area (Å²) in [4.78, 5) is 16.1. The second-order valence-corrected chi connectivity index (χ2v) is 7.77. The molecule has 2 N–H and O–H groups in total. The van der Waals surface area contributed by atoms with E-state index < -0.39 is 0 Å². The third-order valence-electron chi connectivity index (χ3n) is 4.86. The molecule has 0 aliphatic carbocycles. The summed E-state index contributed by atoms with van der Waals surface area (Å²) in [5.74, 6) is 0. The molecule has 1 aromatic carbocycles. The molecule has 1 aromatic heterocycles. The van der Waals surface area contributed by atoms with Crippen LogP contribution in [0, 0.1) is 0 Å². The van der Waals surface area contributed by atoms with E-state index in [1.807, 2.05) is 31.2 Å². The lowest BCUT2D eigenvalue weighted by Crippen LogP contribution is -2.41. The van der Waals surface area contributed by atoms with Gasteiger partial charge in [0.05, 0.1) is 12.6 Å². The predicted molar refractivity (Wildman–Crippen MR) is 110 cm³/mol. The van der Waals surface area contributed by atoms with Gasteiger partial charge in [0.1, 0.15) is 0 Å². The van der Waals surface area contributed by atoms with E-state index in [9.17, 15) is 4.79 Å². The summed E-state index contributed by atoms with van der Waals surface area (Å²) in [6, 6.07) is 12.6. The molecule has 1 aliphatic heterocycles. The summed E-state index contributed by atoms with van der Waals surface area (Å²) in [5, 5.41) is 8.11. The third-order valence-corrected chi connectivity index (χ3v) is 5.83. The Morgan fingerprint density at radius 1 is 1.15 bits per heavy atom. The number of carbonyl (C=O) groups excluding carboxylic acids is 1. The average Bonchev–Trinajstić information content (AvgIpc) is 3.40. The molecule has 1 aliphatic rings. The van der Waals surface area contributed by atoms with Gasteiger partial charge < -0.3 is 15.4 Å². The van der Waals surface area contributed by atoms with Gasteiger partial charge in [0, 0.05) is 24.6 Å². The van der Waals surface area contributed by atoms with E-state index in [2.05, 4.69) is 33.0 Å². The summed E-state index contributed by atoms with van der Waals surface area (Å²) >= 11 is 1.76. The Bertz CT molecular complexity index is 682. The lowest BCUT2D eigenvalue weighted by molar-refractivity contribution is 0.134. The number of nitrogens with one attached hydrogen (secondary N) is 2. The molecule has 1 fully saturated rings. The van der Waals surface area contributed by atoms with Crippen molar-refractivity contribution in [2.24, 2.45) is 0 Å². The van der Waals surface area contributed by atoms with Crippen LogP contribution in [0.5, 0.6) is 0 Å². The van der Waals surface area contributed by atoms with Gasteiger partial charge in [-0.1, -0.05) is 30.3 Å². The number of urea groups is 1. The molecule has 1 unspecified atom stereocenters. The first-order chi connectivity index (χ1) is 13.3. The van der Waals surface area contributed by atoms with Crippen LogP contribution in [0.4, 0.5) is 4.79 Å². The van der Waals surface area contributed by atoms with Gasteiger partial charge >= 0.3 is 6.03 Å². The maximum absolute atomic E-state index is 12.3. The van der Waals surface area contributed by atoms with E-state index in [1.54, 1.807) is 11.3 Å². The van der Waals surface area contributed by atoms with Gasteiger partial charge in [-0.05, 0) is 55.4 Å². The molecule has 3 rings (SSSR count). The smallest absolute Gasteiger partial charge is 0.315 e. The van der Waals surface area contributed by atoms with Crippen molar-refractivity contribution in [1.82, 2.24) is 15.5 Å². The van der Waals surface area contributed by atoms with Crippen LogP contribution in [-0.4, -0.2) is 37.2 Å². The molecular formula is C21H29N3O2S. The minimum absolute atomic E-state index is 0.117. The van der Waals surface area contributed by atoms with E-state index in [0.717, 1.165) is 24.2 Å². The fourth-order valence-electron chi connectivity index (χ4n) is 3.35. The predicted octanol–water partition coefficient (Wildman–Crippen LogP) is 3.92. The first-order valence-electron chi connectivity index (χ1n) is 9.71. The van der Waals surface area contributed by atoms with Crippen molar-refractivity contribution >= 4 is 17.4 Å². The maximum Gasteiger partial charge on any atom is 0.315 e. The van der Waals surface area contributed by atoms with Crippen molar-refractivity contribution in [3.8, 4) is 0 Å². The molecule has 5 nitrogen and oxygen atoms in total. The molecule has 2 aromatic rings. The number of amides is 2. The number of thiophene rings is 1. The van der Waals surface area contributed by atoms with Crippen LogP contribution in [0.1, 0.15) is 41.8 Å². The van der Waals surface area contributed by atoms with Crippen LogP contribution >= 0.6 is 11.3 Å². The van der Waals surface area contributed by atoms with Crippen LogP contribution in [0.25, 0.3) is 0 Å². The van der Waals surface area contributed by atoms with Gasteiger partial charge in [-0.2, -0.15) is 0 Å². The third kappa shape index (κ3) is 6.06. The van der Waals surface area contributed by atoms with Crippen molar-refractivity contribution in [2.45, 2.75) is 39.0 Å². The van der Waals surface area contributed by atoms with Gasteiger partial charge in [-0.15, -0.1) is 11.3 Å². The number of ether oxygens (including phenoxy) is 1. The number of hydrogen-bond acceptors (Lipinski definition) is 4. The summed E-state index contributed by atoms with van der Waals surface area (Å²) in [6.45, 7) is 6.72. The molecular weight excluding hydrogens is 358 g/mol. The average molecular weight is 388 g/mol. The van der Waals surface area contributed by atoms with Crippen molar-refractivity contribution in [3.63, 3.8) is 0 Å². The molecule has 2 amide bonds. The lowest BCUT2D eigenvalue weighted by Gasteiger charge is -2.27. The topological polar surface area (TPSA) is 53.6 Å². The van der Waals surface area contributed by atoms with Crippen LogP contribution in [-0.2, 0) is 17.9 Å². The number of benzene rings is 1. The van der Waals surface area contributed by atoms with Crippen molar-refractivity contribution in [1.29, 1.82) is 0 Å². The monoisotopic (exact) mass is 387 g/mol. The first kappa shape index (κ1) is 19.9. The molecule has 2 heterocycles. The molecule has 1 saturated heterocycles. The van der Waals surface area contributed by atoms with E-state index in [4.69, 9.17) is 4.74 Å². The molecule has 0 spiro atoms. The Morgan fingerprint density at radius 3 is 2.56 bits per heavy atom. The standard InChI is InChI=1S/C21H29N3O2S/c1-2-26-16-18-9-7-17(8-10-18)14-22-21(25)23-15-19(20-6-5-13-27-20)24-11-3-4-12-24/h5-10,13,19H,2-4,11-12,14-16H2,1H3,(H2,22,23,25). The Morgan fingerprint density at radius 2 is 1.89 bits per heavy atom. The number of rotatable bonds is 9. The number of hydrogen-bond donors (Lipinski definition) is 2. The highest BCUT2D eigenvalue weighted by molar-refractivity contribution is 7.10. The minimum atomic E-state index is -0.117. The van der Waals surface area contributed by atoms with Crippen molar-refractivity contribution < 1.29 is 9.53 Å². The number of carbonyl (C=O) groups is 1. The van der Waals surface area contributed by atoms with Crippen molar-refractivity contribution in [3.05, 3.63) is 57.8 Å². The van der Waals surface area contributed by atoms with Gasteiger partial charge in [0.2, 0.25) is 0 Å². The zero-order valence-electron chi connectivity index (χ0n) is 15.9. The molecule has 1 atom stereocenters. The summed E-state index contributed by atoms with van der Waals surface area (Å²) in [5.41, 5.74) is 2.23. The van der Waals surface area contributed by atoms with E-state index >= 15 is 0 Å². The van der Waals surface area contributed by atoms with Gasteiger partial charge in [-0.25, -0.2) is 4.79 Å². The van der Waals surface area contributed by atoms with E-state index in [0.29, 0.717) is 26.3 Å². The zero-order chi connectivity index (χ0) is 18.9. The maximum atomic E-state index is 12.3. The molecule has 27 heavy (non-hydrogen) atoms. The summed E-state index contributed by atoms with van der Waals surface area (Å²) in [6.07, 6.45) is 2.49. The van der Waals surface area contributed by atoms with Crippen LogP contribution in [0.15, 0.2) is 41.8 Å². The largest absolute Gasteiger partial charge is 0.377 e. The highest BCUT2D eigenvalue weighted by Crippen LogP contribution is 2.27. The highest BCUT2D eigenvalue weighted by atomic mass is 32.1. The Balaban J connectivity index is 1.45. The normalized spacial score (nSPS) is 15.6. The van der Waals surface area contributed by atoms with E-state index in [1.165, 1.54) is 17.7 Å². The number of likely N-dealkylation sites (tertiary alicyclic amines) is 1. The minimum Gasteiger partial charge on any atom is -0.377 e. The van der Waals surface area contributed by atoms with Crippen LogP contribution < -0.4 is 10.6 Å². The Kier molecular flexibility index (Phi) is 7.68. The molecule has 0 saturated carbocycles. The summed E-state index contributed by atoms with van der Waals surface area (Å²) < 4.78 is 5.40. The fraction of sp³-hybridized carbons (Fsp3) is 0.476. The highest BCUT2D eigenvalue weighted by Gasteiger charge is 2.24.